The largest absolute Gasteiger partial charge is 0.492 e. The molecule has 31 heavy (non-hydrogen) atoms. The van der Waals surface area contributed by atoms with E-state index in [1.54, 1.807) is 19.0 Å². The number of fused-ring (bicyclic) bond motifs is 2. The van der Waals surface area contributed by atoms with Crippen LogP contribution in [0.15, 0.2) is 48.7 Å². The van der Waals surface area contributed by atoms with Crippen LogP contribution in [0, 0.1) is 0 Å². The minimum atomic E-state index is 0.161. The Labute approximate surface area is 185 Å². The van der Waals surface area contributed by atoms with E-state index < -0.39 is 0 Å². The highest BCUT2D eigenvalue weighted by molar-refractivity contribution is 5.84. The summed E-state index contributed by atoms with van der Waals surface area (Å²) in [6, 6.07) is 15.5. The quantitative estimate of drug-likeness (QED) is 0.584. The monoisotopic (exact) mass is 419 g/mol. The average molecular weight is 420 g/mol. The van der Waals surface area contributed by atoms with Gasteiger partial charge in [-0.3, -0.25) is 9.69 Å². The molecule has 0 radical (unpaired) electrons. The summed E-state index contributed by atoms with van der Waals surface area (Å²) < 4.78 is 8.41. The highest BCUT2D eigenvalue weighted by atomic mass is 16.5. The molecule has 0 saturated carbocycles. The Morgan fingerprint density at radius 3 is 2.74 bits per heavy atom. The van der Waals surface area contributed by atoms with Crippen LogP contribution in [-0.4, -0.2) is 47.5 Å². The molecular weight excluding hydrogens is 386 g/mol. The van der Waals surface area contributed by atoms with Gasteiger partial charge in [0, 0.05) is 68.9 Å². The second-order valence-electron chi connectivity index (χ2n) is 8.96. The van der Waals surface area contributed by atoms with E-state index in [1.165, 1.54) is 27.6 Å². The molecular formula is C26H33N3O2. The van der Waals surface area contributed by atoms with Gasteiger partial charge in [0.2, 0.25) is 5.91 Å². The minimum Gasteiger partial charge on any atom is -0.492 e. The summed E-state index contributed by atoms with van der Waals surface area (Å²) in [6.07, 6.45) is 3.60. The van der Waals surface area contributed by atoms with E-state index in [0.717, 1.165) is 31.8 Å². The zero-order valence-corrected chi connectivity index (χ0v) is 19.1. The normalized spacial score (nSPS) is 14.4. The third-order valence-electron chi connectivity index (χ3n) is 6.08. The lowest BCUT2D eigenvalue weighted by molar-refractivity contribution is -0.128. The first kappa shape index (κ1) is 21.4. The van der Waals surface area contributed by atoms with Crippen molar-refractivity contribution in [2.45, 2.75) is 45.8 Å². The Morgan fingerprint density at radius 1 is 1.16 bits per heavy atom. The van der Waals surface area contributed by atoms with Gasteiger partial charge in [-0.15, -0.1) is 0 Å². The Kier molecular flexibility index (Phi) is 6.33. The molecule has 0 bridgehead atoms. The van der Waals surface area contributed by atoms with Crippen molar-refractivity contribution in [2.24, 2.45) is 0 Å². The Bertz CT molecular complexity index is 1070. The molecule has 1 aliphatic heterocycles. The van der Waals surface area contributed by atoms with Gasteiger partial charge in [0.1, 0.15) is 12.4 Å². The van der Waals surface area contributed by atoms with Crippen molar-refractivity contribution in [3.63, 3.8) is 0 Å². The van der Waals surface area contributed by atoms with Crippen molar-refractivity contribution in [3.05, 3.63) is 65.4 Å². The number of para-hydroxylation sites is 1. The molecule has 164 valence electrons. The summed E-state index contributed by atoms with van der Waals surface area (Å²) in [6.45, 7) is 7.79. The zero-order valence-electron chi connectivity index (χ0n) is 19.1. The molecule has 0 aliphatic carbocycles. The molecule has 4 rings (SSSR count). The van der Waals surface area contributed by atoms with Gasteiger partial charge in [0.25, 0.3) is 0 Å². The van der Waals surface area contributed by atoms with Crippen LogP contribution >= 0.6 is 0 Å². The van der Waals surface area contributed by atoms with E-state index in [-0.39, 0.29) is 5.91 Å². The molecule has 0 fully saturated rings. The van der Waals surface area contributed by atoms with Gasteiger partial charge in [-0.05, 0) is 43.5 Å². The molecule has 3 aromatic rings. The van der Waals surface area contributed by atoms with Crippen LogP contribution in [0.3, 0.4) is 0 Å². The first-order valence-corrected chi connectivity index (χ1v) is 11.2. The lowest BCUT2D eigenvalue weighted by Crippen LogP contribution is -2.25. The van der Waals surface area contributed by atoms with E-state index >= 15 is 0 Å². The Morgan fingerprint density at radius 2 is 1.97 bits per heavy atom. The van der Waals surface area contributed by atoms with Gasteiger partial charge in [0.15, 0.2) is 0 Å². The summed E-state index contributed by atoms with van der Waals surface area (Å²) >= 11 is 0. The van der Waals surface area contributed by atoms with Gasteiger partial charge < -0.3 is 14.2 Å². The number of ether oxygens (including phenoxy) is 1. The molecule has 0 atom stereocenters. The number of carbonyl (C=O) groups excluding carboxylic acids is 1. The molecule has 2 aromatic carbocycles. The van der Waals surface area contributed by atoms with Crippen molar-refractivity contribution in [1.29, 1.82) is 0 Å². The van der Waals surface area contributed by atoms with E-state index in [2.05, 4.69) is 72.0 Å². The molecule has 5 heteroatoms. The zero-order chi connectivity index (χ0) is 22.0. The maximum atomic E-state index is 12.0. The summed E-state index contributed by atoms with van der Waals surface area (Å²) in [4.78, 5) is 16.1. The SMILES string of the molecule is CC(C)n1cc(CN2CCOc3ccc(CCC(=O)N(C)C)cc3C2)c2ccccc21. The Balaban J connectivity index is 1.53. The molecule has 0 saturated heterocycles. The van der Waals surface area contributed by atoms with Crippen molar-refractivity contribution >= 4 is 16.8 Å². The molecule has 0 spiro atoms. The van der Waals surface area contributed by atoms with Crippen LogP contribution in [0.2, 0.25) is 0 Å². The Hall–Kier alpha value is -2.79. The van der Waals surface area contributed by atoms with Crippen molar-refractivity contribution in [3.8, 4) is 5.75 Å². The molecule has 1 aromatic heterocycles. The number of carbonyl (C=O) groups is 1. The van der Waals surface area contributed by atoms with Crippen molar-refractivity contribution < 1.29 is 9.53 Å². The van der Waals surface area contributed by atoms with Crippen LogP contribution in [0.1, 0.15) is 43.0 Å². The summed E-state index contributed by atoms with van der Waals surface area (Å²) in [5.41, 5.74) is 5.06. The fourth-order valence-corrected chi connectivity index (χ4v) is 4.34. The molecule has 0 unspecified atom stereocenters. The maximum Gasteiger partial charge on any atom is 0.222 e. The number of benzene rings is 2. The lowest BCUT2D eigenvalue weighted by Gasteiger charge is -2.19. The van der Waals surface area contributed by atoms with Gasteiger partial charge in [0.05, 0.1) is 0 Å². The van der Waals surface area contributed by atoms with Crippen molar-refractivity contribution in [1.82, 2.24) is 14.4 Å². The number of amides is 1. The number of hydrogen-bond acceptors (Lipinski definition) is 3. The van der Waals surface area contributed by atoms with Crippen LogP contribution in [0.25, 0.3) is 10.9 Å². The number of hydrogen-bond donors (Lipinski definition) is 0. The fourth-order valence-electron chi connectivity index (χ4n) is 4.34. The van der Waals surface area contributed by atoms with E-state index in [1.807, 2.05) is 0 Å². The standard InChI is InChI=1S/C26H33N3O2/c1-19(2)29-18-22(23-7-5-6-8-24(23)29)17-28-13-14-31-25-11-9-20(15-21(25)16-28)10-12-26(30)27(3)4/h5-9,11,15,18-19H,10,12-14,16-17H2,1-4H3. The van der Waals surface area contributed by atoms with E-state index in [9.17, 15) is 4.79 Å². The highest BCUT2D eigenvalue weighted by Crippen LogP contribution is 2.29. The van der Waals surface area contributed by atoms with Crippen LogP contribution in [0.5, 0.6) is 5.75 Å². The first-order valence-electron chi connectivity index (χ1n) is 11.2. The fraction of sp³-hybridized carbons (Fsp3) is 0.423. The summed E-state index contributed by atoms with van der Waals surface area (Å²) in [5, 5.41) is 1.33. The molecule has 1 amide bonds. The van der Waals surface area contributed by atoms with Crippen LogP contribution in [-0.2, 0) is 24.3 Å². The van der Waals surface area contributed by atoms with Gasteiger partial charge in [-0.25, -0.2) is 0 Å². The number of aromatic nitrogens is 1. The predicted molar refractivity (Wildman–Crippen MR) is 125 cm³/mol. The van der Waals surface area contributed by atoms with E-state index in [4.69, 9.17) is 4.74 Å². The highest BCUT2D eigenvalue weighted by Gasteiger charge is 2.19. The summed E-state index contributed by atoms with van der Waals surface area (Å²) in [7, 11) is 3.61. The second-order valence-corrected chi connectivity index (χ2v) is 8.96. The van der Waals surface area contributed by atoms with Gasteiger partial charge in [-0.2, -0.15) is 0 Å². The molecule has 0 N–H and O–H groups in total. The van der Waals surface area contributed by atoms with Gasteiger partial charge >= 0.3 is 0 Å². The number of aryl methyl sites for hydroxylation is 1. The average Bonchev–Trinajstić information content (AvgIpc) is 2.99. The molecule has 1 aliphatic rings. The predicted octanol–water partition coefficient (Wildman–Crippen LogP) is 4.64. The minimum absolute atomic E-state index is 0.161. The molecule has 5 nitrogen and oxygen atoms in total. The number of rotatable bonds is 6. The topological polar surface area (TPSA) is 37.7 Å². The van der Waals surface area contributed by atoms with E-state index in [0.29, 0.717) is 19.1 Å². The van der Waals surface area contributed by atoms with Crippen LogP contribution in [0.4, 0.5) is 0 Å². The number of nitrogens with zero attached hydrogens (tertiary/aromatic N) is 3. The smallest absolute Gasteiger partial charge is 0.222 e. The maximum absolute atomic E-state index is 12.0. The van der Waals surface area contributed by atoms with Gasteiger partial charge in [-0.1, -0.05) is 30.3 Å². The molecule has 2 heterocycles. The summed E-state index contributed by atoms with van der Waals surface area (Å²) in [5.74, 6) is 1.13. The van der Waals surface area contributed by atoms with Crippen LogP contribution < -0.4 is 4.74 Å². The first-order chi connectivity index (χ1) is 14.9. The third-order valence-corrected chi connectivity index (χ3v) is 6.08. The lowest BCUT2D eigenvalue weighted by atomic mass is 10.0. The second kappa shape index (κ2) is 9.15. The van der Waals surface area contributed by atoms with Crippen molar-refractivity contribution in [2.75, 3.05) is 27.2 Å². The third kappa shape index (κ3) is 4.77.